The van der Waals surface area contributed by atoms with E-state index in [0.29, 0.717) is 5.92 Å². The molecule has 3 aliphatic rings. The number of halogens is 1. The van der Waals surface area contributed by atoms with E-state index in [4.69, 9.17) is 0 Å². The predicted octanol–water partition coefficient (Wildman–Crippen LogP) is 3.46. The molecule has 0 aromatic heterocycles. The Hall–Kier alpha value is -0.890. The highest BCUT2D eigenvalue weighted by atomic mass is 19.1. The second-order valence-corrected chi connectivity index (χ2v) is 6.51. The Morgan fingerprint density at radius 2 is 1.89 bits per heavy atom. The van der Waals surface area contributed by atoms with Crippen LogP contribution < -0.4 is 0 Å². The predicted molar refractivity (Wildman–Crippen MR) is 67.4 cm³/mol. The highest BCUT2D eigenvalue weighted by Gasteiger charge is 2.66. The second kappa shape index (κ2) is 3.57. The van der Waals surface area contributed by atoms with Crippen molar-refractivity contribution in [3.05, 3.63) is 35.1 Å². The van der Waals surface area contributed by atoms with Crippen molar-refractivity contribution in [2.24, 2.45) is 29.6 Å². The van der Waals surface area contributed by atoms with E-state index in [-0.39, 0.29) is 11.9 Å². The molecule has 0 heterocycles. The van der Waals surface area contributed by atoms with Gasteiger partial charge in [-0.25, -0.2) is 4.39 Å². The Balaban J connectivity index is 1.60. The van der Waals surface area contributed by atoms with Gasteiger partial charge in [0.25, 0.3) is 0 Å². The lowest BCUT2D eigenvalue weighted by Crippen LogP contribution is -2.09. The van der Waals surface area contributed by atoms with Crippen LogP contribution in [-0.4, -0.2) is 5.11 Å². The fourth-order valence-corrected chi connectivity index (χ4v) is 4.99. The average molecular weight is 246 g/mol. The van der Waals surface area contributed by atoms with Crippen molar-refractivity contribution in [3.8, 4) is 0 Å². The van der Waals surface area contributed by atoms with Gasteiger partial charge in [-0.3, -0.25) is 0 Å². The maximum Gasteiger partial charge on any atom is 0.123 e. The molecule has 1 aromatic rings. The molecular weight excluding hydrogens is 227 g/mol. The molecule has 3 aliphatic carbocycles. The highest BCUT2D eigenvalue weighted by molar-refractivity contribution is 5.31. The standard InChI is InChI=1S/C16H19FO/c1-8-6-11(17)4-5-12(8)16(18)15-13-9-2-3-10(7-9)14(13)15/h4-6,9-10,13-16,18H,2-3,7H2,1H3. The molecule has 96 valence electrons. The fraction of sp³-hybridized carbons (Fsp3) is 0.625. The van der Waals surface area contributed by atoms with Crippen LogP contribution >= 0.6 is 0 Å². The fourth-order valence-electron chi connectivity index (χ4n) is 4.99. The highest BCUT2D eigenvalue weighted by Crippen LogP contribution is 2.72. The van der Waals surface area contributed by atoms with Gasteiger partial charge in [-0.15, -0.1) is 0 Å². The summed E-state index contributed by atoms with van der Waals surface area (Å²) in [6.07, 6.45) is 3.78. The van der Waals surface area contributed by atoms with Crippen molar-refractivity contribution in [2.75, 3.05) is 0 Å². The second-order valence-electron chi connectivity index (χ2n) is 6.51. The minimum absolute atomic E-state index is 0.209. The molecule has 2 heteroatoms. The molecule has 1 aromatic carbocycles. The molecule has 3 fully saturated rings. The third kappa shape index (κ3) is 1.36. The molecule has 1 N–H and O–H groups in total. The zero-order valence-electron chi connectivity index (χ0n) is 10.6. The summed E-state index contributed by atoms with van der Waals surface area (Å²) < 4.78 is 13.1. The first-order valence-corrected chi connectivity index (χ1v) is 7.11. The first-order valence-electron chi connectivity index (χ1n) is 7.11. The molecule has 5 atom stereocenters. The molecule has 1 nitrogen and oxygen atoms in total. The van der Waals surface area contributed by atoms with Gasteiger partial charge in [0, 0.05) is 0 Å². The van der Waals surface area contributed by atoms with Gasteiger partial charge in [0.15, 0.2) is 0 Å². The molecule has 4 rings (SSSR count). The molecule has 0 amide bonds. The Morgan fingerprint density at radius 1 is 1.22 bits per heavy atom. The van der Waals surface area contributed by atoms with E-state index in [0.717, 1.165) is 34.8 Å². The summed E-state index contributed by atoms with van der Waals surface area (Å²) in [4.78, 5) is 0. The number of hydrogen-bond donors (Lipinski definition) is 1. The first kappa shape index (κ1) is 11.0. The van der Waals surface area contributed by atoms with Crippen molar-refractivity contribution < 1.29 is 9.50 Å². The van der Waals surface area contributed by atoms with Crippen LogP contribution in [0.5, 0.6) is 0 Å². The minimum Gasteiger partial charge on any atom is -0.388 e. The van der Waals surface area contributed by atoms with Crippen LogP contribution in [0.4, 0.5) is 4.39 Å². The largest absolute Gasteiger partial charge is 0.388 e. The summed E-state index contributed by atoms with van der Waals surface area (Å²) in [6, 6.07) is 4.77. The van der Waals surface area contributed by atoms with Crippen molar-refractivity contribution in [1.82, 2.24) is 0 Å². The number of aliphatic hydroxyl groups is 1. The number of aryl methyl sites for hydroxylation is 1. The van der Waals surface area contributed by atoms with E-state index >= 15 is 0 Å². The number of rotatable bonds is 2. The Kier molecular flexibility index (Phi) is 2.18. The van der Waals surface area contributed by atoms with Crippen LogP contribution in [-0.2, 0) is 0 Å². The third-order valence-electron chi connectivity index (χ3n) is 5.71. The van der Waals surface area contributed by atoms with Crippen LogP contribution in [0.2, 0.25) is 0 Å². The van der Waals surface area contributed by atoms with Crippen LogP contribution in [0.1, 0.15) is 36.5 Å². The first-order chi connectivity index (χ1) is 8.66. The Bertz CT molecular complexity index is 482. The van der Waals surface area contributed by atoms with Crippen LogP contribution in [0, 0.1) is 42.3 Å². The van der Waals surface area contributed by atoms with E-state index in [1.54, 1.807) is 6.07 Å². The lowest BCUT2D eigenvalue weighted by atomic mass is 9.93. The summed E-state index contributed by atoms with van der Waals surface area (Å²) in [5.74, 6) is 3.53. The quantitative estimate of drug-likeness (QED) is 0.847. The third-order valence-corrected chi connectivity index (χ3v) is 5.71. The lowest BCUT2D eigenvalue weighted by Gasteiger charge is -2.17. The van der Waals surface area contributed by atoms with Crippen LogP contribution in [0.3, 0.4) is 0 Å². The van der Waals surface area contributed by atoms with Crippen molar-refractivity contribution in [2.45, 2.75) is 32.3 Å². The molecule has 18 heavy (non-hydrogen) atoms. The number of hydrogen-bond acceptors (Lipinski definition) is 1. The number of fused-ring (bicyclic) bond motifs is 5. The molecule has 5 unspecified atom stereocenters. The molecule has 0 radical (unpaired) electrons. The van der Waals surface area contributed by atoms with Crippen LogP contribution in [0.25, 0.3) is 0 Å². The average Bonchev–Trinajstić information content (AvgIpc) is 2.77. The normalized spacial score (nSPS) is 41.8. The zero-order valence-corrected chi connectivity index (χ0v) is 10.6. The Labute approximate surface area is 107 Å². The van der Waals surface area contributed by atoms with Gasteiger partial charge in [-0.1, -0.05) is 6.07 Å². The molecule has 2 bridgehead atoms. The number of benzene rings is 1. The SMILES string of the molecule is Cc1cc(F)ccc1C(O)C1C2C3CCC(C3)C21. The summed E-state index contributed by atoms with van der Waals surface area (Å²) in [5, 5.41) is 10.6. The van der Waals surface area contributed by atoms with Crippen molar-refractivity contribution in [3.63, 3.8) is 0 Å². The molecular formula is C16H19FO. The molecule has 0 saturated heterocycles. The van der Waals surface area contributed by atoms with E-state index in [1.165, 1.54) is 31.4 Å². The zero-order chi connectivity index (χ0) is 12.4. The van der Waals surface area contributed by atoms with Gasteiger partial charge in [0.05, 0.1) is 6.10 Å². The lowest BCUT2D eigenvalue weighted by molar-refractivity contribution is 0.129. The molecule has 0 aliphatic heterocycles. The monoisotopic (exact) mass is 246 g/mol. The van der Waals surface area contributed by atoms with E-state index in [9.17, 15) is 9.50 Å². The molecule has 0 spiro atoms. The van der Waals surface area contributed by atoms with E-state index in [1.807, 2.05) is 6.92 Å². The minimum atomic E-state index is -0.371. The van der Waals surface area contributed by atoms with Gasteiger partial charge in [-0.2, -0.15) is 0 Å². The van der Waals surface area contributed by atoms with E-state index < -0.39 is 0 Å². The number of aliphatic hydroxyl groups excluding tert-OH is 1. The smallest absolute Gasteiger partial charge is 0.123 e. The van der Waals surface area contributed by atoms with Gasteiger partial charge >= 0.3 is 0 Å². The molecule has 3 saturated carbocycles. The van der Waals surface area contributed by atoms with Crippen LogP contribution in [0.15, 0.2) is 18.2 Å². The maximum atomic E-state index is 13.1. The summed E-state index contributed by atoms with van der Waals surface area (Å²) in [5.41, 5.74) is 1.83. The summed E-state index contributed by atoms with van der Waals surface area (Å²) in [7, 11) is 0. The van der Waals surface area contributed by atoms with Crippen molar-refractivity contribution in [1.29, 1.82) is 0 Å². The topological polar surface area (TPSA) is 20.2 Å². The summed E-state index contributed by atoms with van der Waals surface area (Å²) >= 11 is 0. The van der Waals surface area contributed by atoms with Crippen molar-refractivity contribution >= 4 is 0 Å². The Morgan fingerprint density at radius 3 is 2.50 bits per heavy atom. The maximum absolute atomic E-state index is 13.1. The van der Waals surface area contributed by atoms with Gasteiger partial charge in [-0.05, 0) is 79.0 Å². The van der Waals surface area contributed by atoms with Gasteiger partial charge in [0.2, 0.25) is 0 Å². The van der Waals surface area contributed by atoms with E-state index in [2.05, 4.69) is 0 Å². The van der Waals surface area contributed by atoms with Gasteiger partial charge in [0.1, 0.15) is 5.82 Å². The van der Waals surface area contributed by atoms with Gasteiger partial charge < -0.3 is 5.11 Å². The summed E-state index contributed by atoms with van der Waals surface area (Å²) in [6.45, 7) is 1.90.